The van der Waals surface area contributed by atoms with Gasteiger partial charge in [-0.3, -0.25) is 9.89 Å². The summed E-state index contributed by atoms with van der Waals surface area (Å²) in [6.07, 6.45) is 0.362. The molecule has 0 saturated carbocycles. The van der Waals surface area contributed by atoms with Gasteiger partial charge in [0.05, 0.1) is 18.2 Å². The lowest BCUT2D eigenvalue weighted by molar-refractivity contribution is -0.121. The summed E-state index contributed by atoms with van der Waals surface area (Å²) in [5, 5.41) is 12.8. The number of H-pyrrole nitrogens is 1. The first-order valence-electron chi connectivity index (χ1n) is 4.75. The van der Waals surface area contributed by atoms with Crippen molar-refractivity contribution in [1.82, 2.24) is 20.8 Å². The molecule has 5 nitrogen and oxygen atoms in total. The van der Waals surface area contributed by atoms with E-state index in [1.165, 1.54) is 0 Å². The van der Waals surface area contributed by atoms with E-state index in [0.717, 1.165) is 24.5 Å². The number of amides is 1. The zero-order valence-corrected chi connectivity index (χ0v) is 8.13. The third-order valence-corrected chi connectivity index (χ3v) is 2.25. The Bertz CT molecular complexity index is 329. The number of nitrogens with one attached hydrogen (secondary N) is 3. The van der Waals surface area contributed by atoms with Gasteiger partial charge in [-0.25, -0.2) is 0 Å². The zero-order chi connectivity index (χ0) is 9.97. The van der Waals surface area contributed by atoms with E-state index in [2.05, 4.69) is 20.8 Å². The topological polar surface area (TPSA) is 69.8 Å². The number of rotatable bonds is 3. The molecule has 0 radical (unpaired) electrons. The SMILES string of the molecule is Cc1cc(CC(=O)NC2CNC2)n[nH]1. The van der Waals surface area contributed by atoms with E-state index < -0.39 is 0 Å². The molecule has 1 aromatic heterocycles. The van der Waals surface area contributed by atoms with Crippen molar-refractivity contribution >= 4 is 5.91 Å². The molecule has 1 aromatic rings. The minimum Gasteiger partial charge on any atom is -0.350 e. The molecule has 0 atom stereocenters. The lowest BCUT2D eigenvalue weighted by atomic mass is 10.1. The molecule has 3 N–H and O–H groups in total. The van der Waals surface area contributed by atoms with Gasteiger partial charge in [0.2, 0.25) is 5.91 Å². The molecule has 5 heteroatoms. The first-order valence-corrected chi connectivity index (χ1v) is 4.75. The van der Waals surface area contributed by atoms with E-state index in [1.54, 1.807) is 0 Å². The van der Waals surface area contributed by atoms with E-state index >= 15 is 0 Å². The zero-order valence-electron chi connectivity index (χ0n) is 8.13. The van der Waals surface area contributed by atoms with Crippen molar-refractivity contribution in [3.8, 4) is 0 Å². The summed E-state index contributed by atoms with van der Waals surface area (Å²) in [6.45, 7) is 3.68. The van der Waals surface area contributed by atoms with Crippen LogP contribution in [0.5, 0.6) is 0 Å². The van der Waals surface area contributed by atoms with Gasteiger partial charge in [-0.05, 0) is 13.0 Å². The highest BCUT2D eigenvalue weighted by Gasteiger charge is 2.18. The van der Waals surface area contributed by atoms with Gasteiger partial charge in [0.25, 0.3) is 0 Å². The molecular weight excluding hydrogens is 180 g/mol. The minimum atomic E-state index is 0.0444. The molecule has 1 saturated heterocycles. The number of aromatic nitrogens is 2. The predicted octanol–water partition coefficient (Wildman–Crippen LogP) is -0.651. The van der Waals surface area contributed by atoms with E-state index in [1.807, 2.05) is 13.0 Å². The van der Waals surface area contributed by atoms with Crippen molar-refractivity contribution in [2.24, 2.45) is 0 Å². The Labute approximate surface area is 82.3 Å². The van der Waals surface area contributed by atoms with E-state index in [4.69, 9.17) is 0 Å². The second-order valence-corrected chi connectivity index (χ2v) is 3.64. The molecule has 0 unspecified atom stereocenters. The monoisotopic (exact) mass is 194 g/mol. The molecule has 1 amide bonds. The van der Waals surface area contributed by atoms with Crippen LogP contribution in [0, 0.1) is 6.92 Å². The normalized spacial score (nSPS) is 16.4. The van der Waals surface area contributed by atoms with Crippen LogP contribution in [0.15, 0.2) is 6.07 Å². The third kappa shape index (κ3) is 2.11. The third-order valence-electron chi connectivity index (χ3n) is 2.25. The highest BCUT2D eigenvalue weighted by Crippen LogP contribution is 1.99. The smallest absolute Gasteiger partial charge is 0.226 e. The average molecular weight is 194 g/mol. The van der Waals surface area contributed by atoms with Gasteiger partial charge in [-0.2, -0.15) is 5.10 Å². The van der Waals surface area contributed by atoms with Crippen LogP contribution >= 0.6 is 0 Å². The van der Waals surface area contributed by atoms with Gasteiger partial charge >= 0.3 is 0 Å². The van der Waals surface area contributed by atoms with E-state index in [-0.39, 0.29) is 5.91 Å². The van der Waals surface area contributed by atoms with Crippen molar-refractivity contribution in [2.75, 3.05) is 13.1 Å². The Hall–Kier alpha value is -1.36. The summed E-state index contributed by atoms with van der Waals surface area (Å²) < 4.78 is 0. The Morgan fingerprint density at radius 2 is 2.50 bits per heavy atom. The molecule has 1 fully saturated rings. The molecule has 0 bridgehead atoms. The lowest BCUT2D eigenvalue weighted by Gasteiger charge is -2.27. The molecule has 0 aliphatic carbocycles. The first-order chi connectivity index (χ1) is 6.74. The number of aromatic amines is 1. The fourth-order valence-corrected chi connectivity index (χ4v) is 1.40. The van der Waals surface area contributed by atoms with Gasteiger partial charge in [-0.1, -0.05) is 0 Å². The number of hydrogen-bond donors (Lipinski definition) is 3. The number of carbonyl (C=O) groups excluding carboxylic acids is 1. The molecule has 14 heavy (non-hydrogen) atoms. The molecule has 0 spiro atoms. The Morgan fingerprint density at radius 3 is 3.00 bits per heavy atom. The second-order valence-electron chi connectivity index (χ2n) is 3.64. The molecular formula is C9H14N4O. The molecule has 1 aliphatic rings. The van der Waals surface area contributed by atoms with Crippen LogP contribution in [0.25, 0.3) is 0 Å². The highest BCUT2D eigenvalue weighted by atomic mass is 16.1. The average Bonchev–Trinajstić information content (AvgIpc) is 2.44. The Morgan fingerprint density at radius 1 is 1.71 bits per heavy atom. The molecule has 76 valence electrons. The van der Waals surface area contributed by atoms with Crippen molar-refractivity contribution in [3.63, 3.8) is 0 Å². The second kappa shape index (κ2) is 3.79. The van der Waals surface area contributed by atoms with Crippen LogP contribution in [0.1, 0.15) is 11.4 Å². The Balaban J connectivity index is 1.81. The van der Waals surface area contributed by atoms with Crippen molar-refractivity contribution in [3.05, 3.63) is 17.5 Å². The molecule has 1 aliphatic heterocycles. The number of nitrogens with zero attached hydrogens (tertiary/aromatic N) is 1. The van der Waals surface area contributed by atoms with E-state index in [0.29, 0.717) is 12.5 Å². The summed E-state index contributed by atoms with van der Waals surface area (Å²) in [5.41, 5.74) is 1.78. The molecule has 2 rings (SSSR count). The van der Waals surface area contributed by atoms with Crippen LogP contribution < -0.4 is 10.6 Å². The maximum Gasteiger partial charge on any atom is 0.226 e. The number of carbonyl (C=O) groups is 1. The molecule has 2 heterocycles. The fraction of sp³-hybridized carbons (Fsp3) is 0.556. The van der Waals surface area contributed by atoms with Crippen molar-refractivity contribution in [2.45, 2.75) is 19.4 Å². The summed E-state index contributed by atoms with van der Waals surface area (Å²) in [5.74, 6) is 0.0444. The first kappa shape index (κ1) is 9.21. The van der Waals surface area contributed by atoms with Crippen LogP contribution in [0.3, 0.4) is 0 Å². The number of aryl methyl sites for hydroxylation is 1. The summed E-state index contributed by atoms with van der Waals surface area (Å²) in [6, 6.07) is 2.20. The van der Waals surface area contributed by atoms with Crippen LogP contribution in [0.4, 0.5) is 0 Å². The van der Waals surface area contributed by atoms with Crippen molar-refractivity contribution < 1.29 is 4.79 Å². The van der Waals surface area contributed by atoms with Crippen LogP contribution in [-0.2, 0) is 11.2 Å². The quantitative estimate of drug-likeness (QED) is 0.599. The minimum absolute atomic E-state index is 0.0444. The summed E-state index contributed by atoms with van der Waals surface area (Å²) in [7, 11) is 0. The lowest BCUT2D eigenvalue weighted by Crippen LogP contribution is -2.57. The van der Waals surface area contributed by atoms with Gasteiger partial charge < -0.3 is 10.6 Å². The van der Waals surface area contributed by atoms with Gasteiger partial charge in [-0.15, -0.1) is 0 Å². The fourth-order valence-electron chi connectivity index (χ4n) is 1.40. The highest BCUT2D eigenvalue weighted by molar-refractivity contribution is 5.78. The van der Waals surface area contributed by atoms with Gasteiger partial charge in [0.1, 0.15) is 0 Å². The Kier molecular flexibility index (Phi) is 2.49. The largest absolute Gasteiger partial charge is 0.350 e. The maximum absolute atomic E-state index is 11.4. The summed E-state index contributed by atoms with van der Waals surface area (Å²) >= 11 is 0. The van der Waals surface area contributed by atoms with Gasteiger partial charge in [0, 0.05) is 18.8 Å². The van der Waals surface area contributed by atoms with Gasteiger partial charge in [0.15, 0.2) is 0 Å². The standard InChI is InChI=1S/C9H14N4O/c1-6-2-7(13-12-6)3-9(14)11-8-4-10-5-8/h2,8,10H,3-5H2,1H3,(H,11,14)(H,12,13). The predicted molar refractivity (Wildman–Crippen MR) is 51.8 cm³/mol. The van der Waals surface area contributed by atoms with E-state index in [9.17, 15) is 4.79 Å². The summed E-state index contributed by atoms with van der Waals surface area (Å²) in [4.78, 5) is 11.4. The molecule has 0 aromatic carbocycles. The van der Waals surface area contributed by atoms with Crippen LogP contribution in [-0.4, -0.2) is 35.2 Å². The number of hydrogen-bond acceptors (Lipinski definition) is 3. The van der Waals surface area contributed by atoms with Crippen molar-refractivity contribution in [1.29, 1.82) is 0 Å². The van der Waals surface area contributed by atoms with Crippen LogP contribution in [0.2, 0.25) is 0 Å². The maximum atomic E-state index is 11.4.